The Labute approximate surface area is 123 Å². The fourth-order valence-corrected chi connectivity index (χ4v) is 1.98. The number of methoxy groups -OCH3 is 1. The Hall–Kier alpha value is -0.620. The van der Waals surface area contributed by atoms with Gasteiger partial charge in [0.2, 0.25) is 0 Å². The molecule has 0 aliphatic heterocycles. The molecule has 4 nitrogen and oxygen atoms in total. The van der Waals surface area contributed by atoms with Crippen molar-refractivity contribution in [3.8, 4) is 5.75 Å². The van der Waals surface area contributed by atoms with E-state index in [-0.39, 0.29) is 6.04 Å². The molecule has 0 bridgehead atoms. The molecule has 1 rings (SSSR count). The van der Waals surface area contributed by atoms with Crippen LogP contribution < -0.4 is 10.1 Å². The maximum atomic E-state index is 5.77. The highest BCUT2D eigenvalue weighted by Gasteiger charge is 2.10. The fraction of sp³-hybridized carbons (Fsp3) is 0.571. The van der Waals surface area contributed by atoms with Crippen molar-refractivity contribution in [3.63, 3.8) is 0 Å². The Morgan fingerprint density at radius 3 is 2.63 bits per heavy atom. The van der Waals surface area contributed by atoms with Gasteiger partial charge in [0.05, 0.1) is 19.8 Å². The molecular formula is C14H22BrNO3. The minimum atomic E-state index is 0.238. The zero-order valence-electron chi connectivity index (χ0n) is 11.7. The van der Waals surface area contributed by atoms with Crippen molar-refractivity contribution in [2.75, 3.05) is 40.6 Å². The summed E-state index contributed by atoms with van der Waals surface area (Å²) < 4.78 is 17.1. The van der Waals surface area contributed by atoms with Gasteiger partial charge in [-0.1, -0.05) is 15.9 Å². The predicted molar refractivity (Wildman–Crippen MR) is 79.8 cm³/mol. The summed E-state index contributed by atoms with van der Waals surface area (Å²) in [5.41, 5.74) is 1.13. The van der Waals surface area contributed by atoms with E-state index in [1.165, 1.54) is 0 Å². The van der Waals surface area contributed by atoms with E-state index in [2.05, 4.69) is 34.2 Å². The second-order valence-corrected chi connectivity index (χ2v) is 5.06. The minimum absolute atomic E-state index is 0.238. The van der Waals surface area contributed by atoms with Gasteiger partial charge in [-0.25, -0.2) is 0 Å². The van der Waals surface area contributed by atoms with E-state index >= 15 is 0 Å². The largest absolute Gasteiger partial charge is 0.491 e. The smallest absolute Gasteiger partial charge is 0.124 e. The van der Waals surface area contributed by atoms with Gasteiger partial charge in [0, 0.05) is 23.2 Å². The topological polar surface area (TPSA) is 39.7 Å². The summed E-state index contributed by atoms with van der Waals surface area (Å²) in [7, 11) is 3.59. The van der Waals surface area contributed by atoms with E-state index < -0.39 is 0 Å². The van der Waals surface area contributed by atoms with Gasteiger partial charge in [-0.05, 0) is 32.2 Å². The summed E-state index contributed by atoms with van der Waals surface area (Å²) in [5.74, 6) is 0.889. The normalized spacial score (nSPS) is 12.4. The number of ether oxygens (including phenoxy) is 3. The van der Waals surface area contributed by atoms with Crippen molar-refractivity contribution in [2.24, 2.45) is 0 Å². The maximum Gasteiger partial charge on any atom is 0.124 e. The highest BCUT2D eigenvalue weighted by Crippen LogP contribution is 2.28. The van der Waals surface area contributed by atoms with E-state index in [1.54, 1.807) is 7.11 Å². The molecule has 0 saturated carbocycles. The van der Waals surface area contributed by atoms with Crippen molar-refractivity contribution in [1.82, 2.24) is 5.32 Å². The summed E-state index contributed by atoms with van der Waals surface area (Å²) in [5, 5.41) is 3.22. The van der Waals surface area contributed by atoms with Crippen molar-refractivity contribution in [1.29, 1.82) is 0 Å². The molecule has 0 aliphatic rings. The van der Waals surface area contributed by atoms with Crippen molar-refractivity contribution >= 4 is 15.9 Å². The molecule has 19 heavy (non-hydrogen) atoms. The number of hydrogen-bond acceptors (Lipinski definition) is 4. The van der Waals surface area contributed by atoms with Crippen molar-refractivity contribution in [3.05, 3.63) is 28.2 Å². The number of benzene rings is 1. The first-order valence-electron chi connectivity index (χ1n) is 6.35. The van der Waals surface area contributed by atoms with E-state index in [4.69, 9.17) is 14.2 Å². The first-order chi connectivity index (χ1) is 9.19. The molecule has 0 saturated heterocycles. The third-order valence-electron chi connectivity index (χ3n) is 2.79. The average Bonchev–Trinajstić information content (AvgIpc) is 2.43. The molecule has 108 valence electrons. The first kappa shape index (κ1) is 16.4. The molecule has 0 fully saturated rings. The highest BCUT2D eigenvalue weighted by atomic mass is 79.9. The van der Waals surface area contributed by atoms with E-state index in [1.807, 2.05) is 19.2 Å². The Bertz CT molecular complexity index is 374. The van der Waals surface area contributed by atoms with Gasteiger partial charge < -0.3 is 19.5 Å². The van der Waals surface area contributed by atoms with Crippen LogP contribution in [0.5, 0.6) is 5.75 Å². The van der Waals surface area contributed by atoms with E-state index in [9.17, 15) is 0 Å². The molecule has 0 amide bonds. The molecule has 0 spiro atoms. The van der Waals surface area contributed by atoms with Crippen LogP contribution in [0.3, 0.4) is 0 Å². The standard InChI is InChI=1S/C14H22BrNO3/c1-11(16-2)13-10-12(15)4-5-14(13)19-9-8-18-7-6-17-3/h4-5,10-11,16H,6-9H2,1-3H3. The molecule has 0 heterocycles. The predicted octanol–water partition coefficient (Wildman–Crippen LogP) is 2.77. The lowest BCUT2D eigenvalue weighted by Gasteiger charge is -2.17. The van der Waals surface area contributed by atoms with Crippen LogP contribution >= 0.6 is 15.9 Å². The SMILES string of the molecule is CNC(C)c1cc(Br)ccc1OCCOCCOC. The van der Waals surface area contributed by atoms with E-state index in [0.717, 1.165) is 15.8 Å². The van der Waals surface area contributed by atoms with Crippen LogP contribution in [0.4, 0.5) is 0 Å². The van der Waals surface area contributed by atoms with Gasteiger partial charge in [-0.2, -0.15) is 0 Å². The second-order valence-electron chi connectivity index (χ2n) is 4.15. The number of rotatable bonds is 9. The molecule has 1 N–H and O–H groups in total. The number of hydrogen-bond donors (Lipinski definition) is 1. The maximum absolute atomic E-state index is 5.77. The molecule has 0 aliphatic carbocycles. The lowest BCUT2D eigenvalue weighted by Crippen LogP contribution is -2.15. The molecule has 1 unspecified atom stereocenters. The average molecular weight is 332 g/mol. The van der Waals surface area contributed by atoms with Gasteiger partial charge in [0.1, 0.15) is 12.4 Å². The van der Waals surface area contributed by atoms with Gasteiger partial charge in [0.15, 0.2) is 0 Å². The fourth-order valence-electron chi connectivity index (χ4n) is 1.60. The van der Waals surface area contributed by atoms with Gasteiger partial charge in [0.25, 0.3) is 0 Å². The summed E-state index contributed by atoms with van der Waals surface area (Å²) in [6.07, 6.45) is 0. The van der Waals surface area contributed by atoms with Crippen molar-refractivity contribution < 1.29 is 14.2 Å². The monoisotopic (exact) mass is 331 g/mol. The Balaban J connectivity index is 2.48. The molecule has 0 aromatic heterocycles. The minimum Gasteiger partial charge on any atom is -0.491 e. The summed E-state index contributed by atoms with van der Waals surface area (Å²) in [4.78, 5) is 0. The van der Waals surface area contributed by atoms with Gasteiger partial charge in [-0.15, -0.1) is 0 Å². The van der Waals surface area contributed by atoms with Crippen LogP contribution in [0.15, 0.2) is 22.7 Å². The zero-order valence-corrected chi connectivity index (χ0v) is 13.3. The van der Waals surface area contributed by atoms with Crippen molar-refractivity contribution in [2.45, 2.75) is 13.0 Å². The van der Waals surface area contributed by atoms with Crippen LogP contribution in [-0.2, 0) is 9.47 Å². The van der Waals surface area contributed by atoms with Crippen LogP contribution in [0, 0.1) is 0 Å². The van der Waals surface area contributed by atoms with Crippen LogP contribution in [0.1, 0.15) is 18.5 Å². The van der Waals surface area contributed by atoms with E-state index in [0.29, 0.717) is 26.4 Å². The van der Waals surface area contributed by atoms with Crippen LogP contribution in [-0.4, -0.2) is 40.6 Å². The van der Waals surface area contributed by atoms with Gasteiger partial charge >= 0.3 is 0 Å². The molecule has 1 aromatic rings. The van der Waals surface area contributed by atoms with Crippen LogP contribution in [0.2, 0.25) is 0 Å². The molecule has 1 aromatic carbocycles. The number of nitrogens with one attached hydrogen (secondary N) is 1. The second kappa shape index (κ2) is 9.31. The molecule has 1 atom stereocenters. The summed E-state index contributed by atoms with van der Waals surface area (Å²) >= 11 is 3.48. The quantitative estimate of drug-likeness (QED) is 0.706. The summed E-state index contributed by atoms with van der Waals surface area (Å²) in [6, 6.07) is 6.26. The Morgan fingerprint density at radius 1 is 1.21 bits per heavy atom. The highest BCUT2D eigenvalue weighted by molar-refractivity contribution is 9.10. The first-order valence-corrected chi connectivity index (χ1v) is 7.14. The lowest BCUT2D eigenvalue weighted by atomic mass is 10.1. The molecule has 0 radical (unpaired) electrons. The van der Waals surface area contributed by atoms with Crippen LogP contribution in [0.25, 0.3) is 0 Å². The third kappa shape index (κ3) is 5.91. The molecule has 5 heteroatoms. The molecular weight excluding hydrogens is 310 g/mol. The summed E-state index contributed by atoms with van der Waals surface area (Å²) in [6.45, 7) is 4.41. The van der Waals surface area contributed by atoms with Gasteiger partial charge in [-0.3, -0.25) is 0 Å². The lowest BCUT2D eigenvalue weighted by molar-refractivity contribution is 0.0542. The Kier molecular flexibility index (Phi) is 8.05. The zero-order chi connectivity index (χ0) is 14.1. The Morgan fingerprint density at radius 2 is 1.95 bits per heavy atom. The third-order valence-corrected chi connectivity index (χ3v) is 3.28. The number of halogens is 1.